The Labute approximate surface area is 149 Å². The zero-order valence-electron chi connectivity index (χ0n) is 15.0. The number of nitrogens with one attached hydrogen (secondary N) is 1. The summed E-state index contributed by atoms with van der Waals surface area (Å²) in [6.45, 7) is 10.3. The molecule has 0 saturated carbocycles. The second-order valence-corrected chi connectivity index (χ2v) is 6.09. The molecule has 0 aromatic heterocycles. The zero-order chi connectivity index (χ0) is 18.2. The predicted molar refractivity (Wildman–Crippen MR) is 102 cm³/mol. The van der Waals surface area contributed by atoms with Crippen molar-refractivity contribution in [1.29, 1.82) is 0 Å². The minimum Gasteiger partial charge on any atom is -0.491 e. The van der Waals surface area contributed by atoms with Crippen LogP contribution in [0.2, 0.25) is 0 Å². The van der Waals surface area contributed by atoms with Gasteiger partial charge in [0.15, 0.2) is 0 Å². The van der Waals surface area contributed by atoms with Gasteiger partial charge in [-0.3, -0.25) is 4.79 Å². The summed E-state index contributed by atoms with van der Waals surface area (Å²) in [5.41, 5.74) is 2.22. The van der Waals surface area contributed by atoms with Crippen molar-refractivity contribution in [2.45, 2.75) is 33.3 Å². The molecular formula is C21H25NO3. The number of hydrogen-bond acceptors (Lipinski definition) is 3. The van der Waals surface area contributed by atoms with Crippen molar-refractivity contribution in [1.82, 2.24) is 0 Å². The van der Waals surface area contributed by atoms with Gasteiger partial charge in [0.05, 0.1) is 6.10 Å². The maximum atomic E-state index is 12.4. The lowest BCUT2D eigenvalue weighted by Gasteiger charge is -2.13. The molecule has 0 aliphatic rings. The molecule has 4 nitrogen and oxygen atoms in total. The molecule has 0 heterocycles. The third-order valence-electron chi connectivity index (χ3n) is 3.61. The molecule has 2 rings (SSSR count). The predicted octanol–water partition coefficient (Wildman–Crippen LogP) is 5.07. The maximum Gasteiger partial charge on any atom is 0.255 e. The number of benzene rings is 2. The van der Waals surface area contributed by atoms with Crippen LogP contribution in [0.5, 0.6) is 11.5 Å². The first kappa shape index (κ1) is 18.6. The van der Waals surface area contributed by atoms with Crippen LogP contribution in [-0.2, 0) is 0 Å². The molecule has 2 aromatic carbocycles. The summed E-state index contributed by atoms with van der Waals surface area (Å²) in [6.07, 6.45) is 1.03. The van der Waals surface area contributed by atoms with Gasteiger partial charge in [0, 0.05) is 11.3 Å². The fourth-order valence-corrected chi connectivity index (χ4v) is 2.07. The minimum absolute atomic E-state index is 0.116. The molecule has 0 radical (unpaired) electrons. The number of carbonyl (C=O) groups excluding carboxylic acids is 1. The number of amides is 1. The molecule has 1 N–H and O–H groups in total. The summed E-state index contributed by atoms with van der Waals surface area (Å²) in [5.74, 6) is 1.26. The van der Waals surface area contributed by atoms with Crippen LogP contribution >= 0.6 is 0 Å². The number of ether oxygens (including phenoxy) is 2. The molecule has 0 bridgehead atoms. The summed E-state index contributed by atoms with van der Waals surface area (Å²) in [7, 11) is 0. The lowest BCUT2D eigenvalue weighted by molar-refractivity contribution is 0.102. The van der Waals surface area contributed by atoms with Gasteiger partial charge in [0.1, 0.15) is 18.1 Å². The van der Waals surface area contributed by atoms with Crippen LogP contribution in [0.4, 0.5) is 5.69 Å². The average Bonchev–Trinajstić information content (AvgIpc) is 2.61. The molecule has 25 heavy (non-hydrogen) atoms. The zero-order valence-corrected chi connectivity index (χ0v) is 15.0. The fraction of sp³-hybridized carbons (Fsp3) is 0.286. The molecule has 0 saturated heterocycles. The molecule has 2 aromatic rings. The first-order chi connectivity index (χ1) is 12.0. The summed E-state index contributed by atoms with van der Waals surface area (Å²) in [6, 6.07) is 14.5. The topological polar surface area (TPSA) is 47.6 Å². The van der Waals surface area contributed by atoms with Gasteiger partial charge in [-0.15, -0.1) is 0 Å². The summed E-state index contributed by atoms with van der Waals surface area (Å²) >= 11 is 0. The summed E-state index contributed by atoms with van der Waals surface area (Å²) in [4.78, 5) is 12.4. The van der Waals surface area contributed by atoms with Crippen LogP contribution in [-0.4, -0.2) is 18.6 Å². The highest BCUT2D eigenvalue weighted by atomic mass is 16.5. The maximum absolute atomic E-state index is 12.4. The van der Waals surface area contributed by atoms with Gasteiger partial charge in [0.2, 0.25) is 0 Å². The second-order valence-electron chi connectivity index (χ2n) is 6.09. The highest BCUT2D eigenvalue weighted by molar-refractivity contribution is 6.04. The van der Waals surface area contributed by atoms with Gasteiger partial charge in [-0.1, -0.05) is 19.6 Å². The third kappa shape index (κ3) is 5.99. The Morgan fingerprint density at radius 1 is 1.16 bits per heavy atom. The number of rotatable bonds is 8. The first-order valence-electron chi connectivity index (χ1n) is 8.43. The van der Waals surface area contributed by atoms with E-state index in [1.54, 1.807) is 12.1 Å². The van der Waals surface area contributed by atoms with E-state index in [1.165, 1.54) is 0 Å². The minimum atomic E-state index is -0.176. The molecule has 0 fully saturated rings. The van der Waals surface area contributed by atoms with Gasteiger partial charge in [-0.2, -0.15) is 0 Å². The van der Waals surface area contributed by atoms with Crippen molar-refractivity contribution < 1.29 is 14.3 Å². The Balaban J connectivity index is 1.99. The van der Waals surface area contributed by atoms with Crippen molar-refractivity contribution in [3.8, 4) is 11.5 Å². The van der Waals surface area contributed by atoms with E-state index in [-0.39, 0.29) is 12.0 Å². The van der Waals surface area contributed by atoms with E-state index in [9.17, 15) is 4.79 Å². The van der Waals surface area contributed by atoms with Gasteiger partial charge in [-0.05, 0) is 68.3 Å². The molecule has 1 unspecified atom stereocenters. The standard InChI is InChI=1S/C21H25NO3/c1-5-16(4)25-20-8-6-7-17(13-20)21(23)22-18-9-11-19(12-10-18)24-14-15(2)3/h6-13,16H,2,5,14H2,1,3-4H3,(H,22,23). The number of hydrogen-bond donors (Lipinski definition) is 1. The van der Waals surface area contributed by atoms with E-state index in [0.717, 1.165) is 17.7 Å². The van der Waals surface area contributed by atoms with Crippen LogP contribution in [0.1, 0.15) is 37.6 Å². The Hall–Kier alpha value is -2.75. The van der Waals surface area contributed by atoms with Gasteiger partial charge in [-0.25, -0.2) is 0 Å². The van der Waals surface area contributed by atoms with E-state index in [2.05, 4.69) is 18.8 Å². The molecule has 132 valence electrons. The van der Waals surface area contributed by atoms with Crippen molar-refractivity contribution in [3.05, 3.63) is 66.2 Å². The summed E-state index contributed by atoms with van der Waals surface area (Å²) in [5, 5.41) is 2.88. The number of carbonyl (C=O) groups is 1. The first-order valence-corrected chi connectivity index (χ1v) is 8.43. The Morgan fingerprint density at radius 2 is 1.88 bits per heavy atom. The quantitative estimate of drug-likeness (QED) is 0.683. The van der Waals surface area contributed by atoms with E-state index >= 15 is 0 Å². The van der Waals surface area contributed by atoms with Crippen LogP contribution in [0.15, 0.2) is 60.7 Å². The smallest absolute Gasteiger partial charge is 0.255 e. The fourth-order valence-electron chi connectivity index (χ4n) is 2.07. The van der Waals surface area contributed by atoms with Crippen LogP contribution in [0, 0.1) is 0 Å². The summed E-state index contributed by atoms with van der Waals surface area (Å²) < 4.78 is 11.3. The monoisotopic (exact) mass is 339 g/mol. The van der Waals surface area contributed by atoms with Crippen molar-refractivity contribution in [3.63, 3.8) is 0 Å². The second kappa shape index (κ2) is 8.92. The lowest BCUT2D eigenvalue weighted by atomic mass is 10.2. The third-order valence-corrected chi connectivity index (χ3v) is 3.61. The molecular weight excluding hydrogens is 314 g/mol. The Morgan fingerprint density at radius 3 is 2.52 bits per heavy atom. The van der Waals surface area contributed by atoms with E-state index < -0.39 is 0 Å². The van der Waals surface area contributed by atoms with Gasteiger partial charge < -0.3 is 14.8 Å². The van der Waals surface area contributed by atoms with Gasteiger partial charge in [0.25, 0.3) is 5.91 Å². The highest BCUT2D eigenvalue weighted by Crippen LogP contribution is 2.19. The molecule has 1 atom stereocenters. The van der Waals surface area contributed by atoms with Crippen molar-refractivity contribution in [2.75, 3.05) is 11.9 Å². The van der Waals surface area contributed by atoms with Crippen LogP contribution in [0.3, 0.4) is 0 Å². The Bertz CT molecular complexity index is 722. The Kier molecular flexibility index (Phi) is 6.63. The lowest BCUT2D eigenvalue weighted by Crippen LogP contribution is -2.13. The molecule has 0 spiro atoms. The largest absolute Gasteiger partial charge is 0.491 e. The van der Waals surface area contributed by atoms with Crippen molar-refractivity contribution >= 4 is 11.6 Å². The highest BCUT2D eigenvalue weighted by Gasteiger charge is 2.09. The van der Waals surface area contributed by atoms with Crippen molar-refractivity contribution in [2.24, 2.45) is 0 Å². The molecule has 4 heteroatoms. The van der Waals surface area contributed by atoms with E-state index in [4.69, 9.17) is 9.47 Å². The molecule has 1 amide bonds. The van der Waals surface area contributed by atoms with Crippen LogP contribution in [0.25, 0.3) is 0 Å². The SMILES string of the molecule is C=C(C)COc1ccc(NC(=O)c2cccc(OC(C)CC)c2)cc1. The van der Waals surface area contributed by atoms with E-state index in [0.29, 0.717) is 23.6 Å². The number of anilines is 1. The molecule has 0 aliphatic heterocycles. The van der Waals surface area contributed by atoms with Gasteiger partial charge >= 0.3 is 0 Å². The van der Waals surface area contributed by atoms with E-state index in [1.807, 2.05) is 50.2 Å². The van der Waals surface area contributed by atoms with Crippen LogP contribution < -0.4 is 14.8 Å². The average molecular weight is 339 g/mol. The molecule has 0 aliphatic carbocycles. The normalized spacial score (nSPS) is 11.5.